The molecule has 0 unspecified atom stereocenters. The molecule has 110 valence electrons. The molecule has 1 heterocycles. The lowest BCUT2D eigenvalue weighted by molar-refractivity contribution is 0.0456. The average Bonchev–Trinajstić information content (AvgIpc) is 2.46. The fourth-order valence-electron chi connectivity index (χ4n) is 1.27. The Morgan fingerprint density at radius 1 is 1.30 bits per heavy atom. The van der Waals surface area contributed by atoms with Crippen LogP contribution in [0, 0.1) is 0 Å². The molecule has 0 atom stereocenters. The van der Waals surface area contributed by atoms with Crippen LogP contribution in [0.4, 0.5) is 0 Å². The van der Waals surface area contributed by atoms with Crippen molar-refractivity contribution in [2.24, 2.45) is 0 Å². The van der Waals surface area contributed by atoms with Gasteiger partial charge in [-0.2, -0.15) is 0 Å². The van der Waals surface area contributed by atoms with E-state index in [1.54, 1.807) is 0 Å². The second kappa shape index (κ2) is 8.34. The second-order valence-corrected chi connectivity index (χ2v) is 3.78. The first-order valence-corrected chi connectivity index (χ1v) is 6.22. The van der Waals surface area contributed by atoms with E-state index in [0.717, 1.165) is 7.11 Å². The van der Waals surface area contributed by atoms with Gasteiger partial charge in [0.25, 0.3) is 0 Å². The average molecular weight is 304 g/mol. The molecule has 0 aliphatic heterocycles. The normalized spacial score (nSPS) is 10.1. The van der Waals surface area contributed by atoms with E-state index in [1.165, 1.54) is 12.1 Å². The fourth-order valence-corrected chi connectivity index (χ4v) is 1.38. The van der Waals surface area contributed by atoms with Gasteiger partial charge in [0.2, 0.25) is 0 Å². The van der Waals surface area contributed by atoms with E-state index >= 15 is 0 Å². The molecule has 1 aromatic heterocycles. The molecule has 0 fully saturated rings. The number of alkyl halides is 1. The number of halogens is 1. The number of hydrogen-bond acceptors (Lipinski definition) is 7. The molecular weight excluding hydrogens is 290 g/mol. The first-order chi connectivity index (χ1) is 9.60. The van der Waals surface area contributed by atoms with Crippen LogP contribution in [0.1, 0.15) is 27.4 Å². The smallest absolute Gasteiger partial charge is 0.360 e. The molecule has 0 spiro atoms. The number of aromatic hydroxyl groups is 1. The molecule has 0 aliphatic rings. The van der Waals surface area contributed by atoms with Gasteiger partial charge < -0.3 is 19.3 Å². The zero-order chi connectivity index (χ0) is 15.0. The van der Waals surface area contributed by atoms with Gasteiger partial charge in [-0.05, 0) is 12.1 Å². The lowest BCUT2D eigenvalue weighted by Crippen LogP contribution is -2.13. The van der Waals surface area contributed by atoms with Gasteiger partial charge >= 0.3 is 11.9 Å². The van der Waals surface area contributed by atoms with Gasteiger partial charge in [0, 0.05) is 6.42 Å². The van der Waals surface area contributed by atoms with Crippen LogP contribution in [0.15, 0.2) is 12.1 Å². The number of pyridine rings is 1. The van der Waals surface area contributed by atoms with Gasteiger partial charge in [0.1, 0.15) is 17.5 Å². The van der Waals surface area contributed by atoms with Gasteiger partial charge in [-0.1, -0.05) is 11.6 Å². The van der Waals surface area contributed by atoms with Gasteiger partial charge in [0.15, 0.2) is 5.69 Å². The van der Waals surface area contributed by atoms with E-state index in [4.69, 9.17) is 21.1 Å². The van der Waals surface area contributed by atoms with Crippen molar-refractivity contribution in [3.8, 4) is 5.75 Å². The molecule has 0 saturated heterocycles. The highest BCUT2D eigenvalue weighted by Crippen LogP contribution is 2.16. The number of aromatic nitrogens is 1. The van der Waals surface area contributed by atoms with Crippen LogP contribution in [0.25, 0.3) is 0 Å². The van der Waals surface area contributed by atoms with Crippen LogP contribution < -0.4 is 0 Å². The molecule has 0 bridgehead atoms. The number of ether oxygens (including phenoxy) is 3. The summed E-state index contributed by atoms with van der Waals surface area (Å²) in [6, 6.07) is 2.50. The Balaban J connectivity index is 2.62. The maximum Gasteiger partial charge on any atom is 0.360 e. The van der Waals surface area contributed by atoms with Crippen molar-refractivity contribution < 1.29 is 28.9 Å². The Morgan fingerprint density at radius 2 is 2.05 bits per heavy atom. The SMILES string of the molecule is COC(=O)c1nc(C(=O)OCCCOCCl)ccc1O. The van der Waals surface area contributed by atoms with Crippen LogP contribution in [0.2, 0.25) is 0 Å². The van der Waals surface area contributed by atoms with Crippen LogP contribution >= 0.6 is 11.6 Å². The van der Waals surface area contributed by atoms with Crippen LogP contribution in [0.3, 0.4) is 0 Å². The number of nitrogens with zero attached hydrogens (tertiary/aromatic N) is 1. The van der Waals surface area contributed by atoms with Crippen LogP contribution in [0.5, 0.6) is 5.75 Å². The molecule has 1 rings (SSSR count). The minimum absolute atomic E-state index is 0.0793. The summed E-state index contributed by atoms with van der Waals surface area (Å²) in [7, 11) is 1.14. The quantitative estimate of drug-likeness (QED) is 0.461. The van der Waals surface area contributed by atoms with Crippen molar-refractivity contribution in [2.45, 2.75) is 6.42 Å². The maximum absolute atomic E-state index is 11.7. The van der Waals surface area contributed by atoms with E-state index in [9.17, 15) is 14.7 Å². The largest absolute Gasteiger partial charge is 0.505 e. The van der Waals surface area contributed by atoms with E-state index < -0.39 is 11.9 Å². The van der Waals surface area contributed by atoms with Gasteiger partial charge in [-0.15, -0.1) is 0 Å². The summed E-state index contributed by atoms with van der Waals surface area (Å²) in [5, 5.41) is 9.45. The Hall–Kier alpha value is -1.86. The molecule has 1 aromatic rings. The van der Waals surface area contributed by atoms with Crippen molar-refractivity contribution >= 4 is 23.5 Å². The Kier molecular flexibility index (Phi) is 6.75. The number of carbonyl (C=O) groups is 2. The summed E-state index contributed by atoms with van der Waals surface area (Å²) in [6.07, 6.45) is 0.487. The minimum atomic E-state index is -0.840. The van der Waals surface area contributed by atoms with Gasteiger partial charge in [0.05, 0.1) is 20.3 Å². The predicted octanol–water partition coefficient (Wildman–Crippen LogP) is 1.33. The van der Waals surface area contributed by atoms with Crippen molar-refractivity contribution in [3.63, 3.8) is 0 Å². The Morgan fingerprint density at radius 3 is 2.70 bits per heavy atom. The molecule has 7 nitrogen and oxygen atoms in total. The number of esters is 2. The fraction of sp³-hybridized carbons (Fsp3) is 0.417. The Bertz CT molecular complexity index is 479. The van der Waals surface area contributed by atoms with Gasteiger partial charge in [-0.25, -0.2) is 14.6 Å². The van der Waals surface area contributed by atoms with Crippen LogP contribution in [-0.4, -0.2) is 48.4 Å². The van der Waals surface area contributed by atoms with Crippen molar-refractivity contribution in [2.75, 3.05) is 26.4 Å². The highest BCUT2D eigenvalue weighted by atomic mass is 35.5. The number of rotatable bonds is 7. The lowest BCUT2D eigenvalue weighted by atomic mass is 10.2. The first-order valence-electron chi connectivity index (χ1n) is 5.69. The molecule has 0 aliphatic carbocycles. The summed E-state index contributed by atoms with van der Waals surface area (Å²) in [6.45, 7) is 0.499. The van der Waals surface area contributed by atoms with Gasteiger partial charge in [-0.3, -0.25) is 0 Å². The van der Waals surface area contributed by atoms with E-state index in [-0.39, 0.29) is 29.8 Å². The summed E-state index contributed by atoms with van der Waals surface area (Å²) in [5.41, 5.74) is -0.436. The standard InChI is InChI=1S/C12H14ClNO6/c1-18-12(17)10-9(15)4-3-8(14-10)11(16)20-6-2-5-19-7-13/h3-4,15H,2,5-7H2,1H3. The highest BCUT2D eigenvalue weighted by Gasteiger charge is 2.18. The highest BCUT2D eigenvalue weighted by molar-refractivity contribution is 6.17. The monoisotopic (exact) mass is 303 g/mol. The molecular formula is C12H14ClNO6. The van der Waals surface area contributed by atoms with E-state index in [2.05, 4.69) is 9.72 Å². The second-order valence-electron chi connectivity index (χ2n) is 3.56. The van der Waals surface area contributed by atoms with Crippen LogP contribution in [-0.2, 0) is 14.2 Å². The summed E-state index contributed by atoms with van der Waals surface area (Å²) >= 11 is 5.31. The molecule has 20 heavy (non-hydrogen) atoms. The minimum Gasteiger partial charge on any atom is -0.505 e. The van der Waals surface area contributed by atoms with Crippen molar-refractivity contribution in [1.29, 1.82) is 0 Å². The number of carbonyl (C=O) groups excluding carboxylic acids is 2. The third-order valence-corrected chi connectivity index (χ3v) is 2.36. The third kappa shape index (κ3) is 4.67. The Labute approximate surface area is 120 Å². The maximum atomic E-state index is 11.7. The topological polar surface area (TPSA) is 95.0 Å². The van der Waals surface area contributed by atoms with Crippen molar-refractivity contribution in [3.05, 3.63) is 23.5 Å². The summed E-state index contributed by atoms with van der Waals surface area (Å²) < 4.78 is 14.2. The number of hydrogen-bond donors (Lipinski definition) is 1. The third-order valence-electron chi connectivity index (χ3n) is 2.21. The molecule has 1 N–H and O–H groups in total. The summed E-state index contributed by atoms with van der Waals surface area (Å²) in [4.78, 5) is 26.7. The molecule has 0 radical (unpaired) electrons. The molecule has 0 amide bonds. The summed E-state index contributed by atoms with van der Waals surface area (Å²) in [5.74, 6) is -1.92. The van der Waals surface area contributed by atoms with Crippen molar-refractivity contribution in [1.82, 2.24) is 4.98 Å². The first kappa shape index (κ1) is 16.2. The predicted molar refractivity (Wildman–Crippen MR) is 68.8 cm³/mol. The zero-order valence-corrected chi connectivity index (χ0v) is 11.6. The number of methoxy groups -OCH3 is 1. The zero-order valence-electron chi connectivity index (χ0n) is 10.8. The molecule has 0 saturated carbocycles. The molecule has 0 aromatic carbocycles. The molecule has 8 heteroatoms. The van der Waals surface area contributed by atoms with E-state index in [0.29, 0.717) is 13.0 Å². The lowest BCUT2D eigenvalue weighted by Gasteiger charge is -2.06. The van der Waals surface area contributed by atoms with E-state index in [1.807, 2.05) is 0 Å².